The van der Waals surface area contributed by atoms with E-state index in [1.54, 1.807) is 7.11 Å². The summed E-state index contributed by atoms with van der Waals surface area (Å²) < 4.78 is 5.20. The molecule has 1 atom stereocenters. The maximum Gasteiger partial charge on any atom is 0.121 e. The molecule has 1 heterocycles. The van der Waals surface area contributed by atoms with Crippen molar-refractivity contribution < 1.29 is 4.74 Å². The third-order valence-electron chi connectivity index (χ3n) is 3.27. The van der Waals surface area contributed by atoms with Gasteiger partial charge in [-0.1, -0.05) is 6.92 Å². The fraction of sp³-hybridized carbons (Fsp3) is 0.500. The Hall–Kier alpha value is -1.55. The van der Waals surface area contributed by atoms with Gasteiger partial charge in [0.25, 0.3) is 0 Å². The Morgan fingerprint density at radius 3 is 2.94 bits per heavy atom. The quantitative estimate of drug-likeness (QED) is 0.824. The van der Waals surface area contributed by atoms with E-state index < -0.39 is 0 Å². The van der Waals surface area contributed by atoms with Gasteiger partial charge in [0.2, 0.25) is 0 Å². The van der Waals surface area contributed by atoms with Gasteiger partial charge >= 0.3 is 0 Å². The van der Waals surface area contributed by atoms with E-state index in [0.717, 1.165) is 48.4 Å². The molecule has 3 N–H and O–H groups in total. The number of hydrogen-bond donors (Lipinski definition) is 2. The number of methoxy groups -OCH3 is 1. The number of fused-ring (bicyclic) bond motifs is 1. The number of imidazole rings is 1. The summed E-state index contributed by atoms with van der Waals surface area (Å²) in [5, 5.41) is 0. The number of aryl methyl sites for hydroxylation is 1. The first-order valence-corrected chi connectivity index (χ1v) is 6.45. The normalized spacial score (nSPS) is 12.8. The maximum absolute atomic E-state index is 5.55. The molecule has 1 unspecified atom stereocenters. The van der Waals surface area contributed by atoms with Gasteiger partial charge in [-0.15, -0.1) is 0 Å². The van der Waals surface area contributed by atoms with E-state index in [0.29, 0.717) is 5.92 Å². The lowest BCUT2D eigenvalue weighted by Gasteiger charge is -2.07. The van der Waals surface area contributed by atoms with Gasteiger partial charge in [0.05, 0.1) is 18.1 Å². The van der Waals surface area contributed by atoms with Crippen LogP contribution in [-0.2, 0) is 6.42 Å². The van der Waals surface area contributed by atoms with Crippen LogP contribution in [0.15, 0.2) is 18.2 Å². The summed E-state index contributed by atoms with van der Waals surface area (Å²) in [6.45, 7) is 3.00. The largest absolute Gasteiger partial charge is 0.497 e. The number of hydrogen-bond acceptors (Lipinski definition) is 3. The highest BCUT2D eigenvalue weighted by molar-refractivity contribution is 5.76. The summed E-state index contributed by atoms with van der Waals surface area (Å²) in [5.41, 5.74) is 7.59. The zero-order chi connectivity index (χ0) is 13.0. The van der Waals surface area contributed by atoms with Crippen molar-refractivity contribution in [2.24, 2.45) is 11.7 Å². The third-order valence-corrected chi connectivity index (χ3v) is 3.27. The Balaban J connectivity index is 2.05. The first-order valence-electron chi connectivity index (χ1n) is 6.45. The van der Waals surface area contributed by atoms with E-state index in [1.165, 1.54) is 0 Å². The Morgan fingerprint density at radius 1 is 1.39 bits per heavy atom. The molecule has 0 saturated carbocycles. The average Bonchev–Trinajstić information content (AvgIpc) is 2.78. The predicted molar refractivity (Wildman–Crippen MR) is 73.8 cm³/mol. The molecule has 2 rings (SSSR count). The van der Waals surface area contributed by atoms with E-state index in [9.17, 15) is 0 Å². The minimum Gasteiger partial charge on any atom is -0.497 e. The average molecular weight is 247 g/mol. The van der Waals surface area contributed by atoms with Gasteiger partial charge in [0.15, 0.2) is 0 Å². The highest BCUT2D eigenvalue weighted by Crippen LogP contribution is 2.20. The Morgan fingerprint density at radius 2 is 2.22 bits per heavy atom. The standard InChI is InChI=1S/C14H21N3O/c1-10(7-8-15)3-6-14-16-12-5-4-11(18-2)9-13(12)17-14/h4-5,9-10H,3,6-8,15H2,1-2H3,(H,16,17). The van der Waals surface area contributed by atoms with Crippen LogP contribution in [0.4, 0.5) is 0 Å². The highest BCUT2D eigenvalue weighted by atomic mass is 16.5. The van der Waals surface area contributed by atoms with E-state index in [4.69, 9.17) is 10.5 Å². The molecule has 4 heteroatoms. The topological polar surface area (TPSA) is 63.9 Å². The molecule has 0 aliphatic heterocycles. The van der Waals surface area contributed by atoms with E-state index in [-0.39, 0.29) is 0 Å². The van der Waals surface area contributed by atoms with Gasteiger partial charge in [0, 0.05) is 12.5 Å². The molecule has 0 spiro atoms. The number of aromatic amines is 1. The molecular weight excluding hydrogens is 226 g/mol. The van der Waals surface area contributed by atoms with E-state index in [2.05, 4.69) is 16.9 Å². The molecule has 18 heavy (non-hydrogen) atoms. The van der Waals surface area contributed by atoms with Crippen molar-refractivity contribution in [1.82, 2.24) is 9.97 Å². The van der Waals surface area contributed by atoms with Crippen LogP contribution in [-0.4, -0.2) is 23.6 Å². The monoisotopic (exact) mass is 247 g/mol. The zero-order valence-electron chi connectivity index (χ0n) is 11.1. The van der Waals surface area contributed by atoms with Crippen molar-refractivity contribution in [2.45, 2.75) is 26.2 Å². The van der Waals surface area contributed by atoms with Crippen molar-refractivity contribution in [3.05, 3.63) is 24.0 Å². The molecule has 0 aliphatic rings. The summed E-state index contributed by atoms with van der Waals surface area (Å²) in [6, 6.07) is 5.90. The minimum absolute atomic E-state index is 0.651. The van der Waals surface area contributed by atoms with E-state index >= 15 is 0 Å². The van der Waals surface area contributed by atoms with Gasteiger partial charge in [-0.3, -0.25) is 0 Å². The second kappa shape index (κ2) is 5.87. The first kappa shape index (κ1) is 12.9. The lowest BCUT2D eigenvalue weighted by atomic mass is 10.0. The van der Waals surface area contributed by atoms with Crippen LogP contribution < -0.4 is 10.5 Å². The number of nitrogens with zero attached hydrogens (tertiary/aromatic N) is 1. The van der Waals surface area contributed by atoms with Crippen LogP contribution >= 0.6 is 0 Å². The number of nitrogens with two attached hydrogens (primary N) is 1. The molecule has 4 nitrogen and oxygen atoms in total. The summed E-state index contributed by atoms with van der Waals surface area (Å²) >= 11 is 0. The number of benzene rings is 1. The van der Waals surface area contributed by atoms with Crippen LogP contribution in [0.25, 0.3) is 11.0 Å². The molecular formula is C14H21N3O. The van der Waals surface area contributed by atoms with Crippen LogP contribution in [0.3, 0.4) is 0 Å². The summed E-state index contributed by atoms with van der Waals surface area (Å²) in [6.07, 6.45) is 3.17. The van der Waals surface area contributed by atoms with E-state index in [1.807, 2.05) is 18.2 Å². The minimum atomic E-state index is 0.651. The van der Waals surface area contributed by atoms with Crippen LogP contribution in [0, 0.1) is 5.92 Å². The van der Waals surface area contributed by atoms with Gasteiger partial charge in [-0.25, -0.2) is 4.98 Å². The SMILES string of the molecule is COc1ccc2nc(CCC(C)CCN)[nH]c2c1. The van der Waals surface area contributed by atoms with Gasteiger partial charge in [0.1, 0.15) is 11.6 Å². The lowest BCUT2D eigenvalue weighted by Crippen LogP contribution is -2.06. The molecule has 0 radical (unpaired) electrons. The predicted octanol–water partition coefficient (Wildman–Crippen LogP) is 2.49. The smallest absolute Gasteiger partial charge is 0.121 e. The summed E-state index contributed by atoms with van der Waals surface area (Å²) in [4.78, 5) is 7.92. The maximum atomic E-state index is 5.55. The molecule has 0 bridgehead atoms. The molecule has 2 aromatic rings. The third kappa shape index (κ3) is 3.01. The number of ether oxygens (including phenoxy) is 1. The molecule has 98 valence electrons. The van der Waals surface area contributed by atoms with Crippen LogP contribution in [0.5, 0.6) is 5.75 Å². The van der Waals surface area contributed by atoms with Crippen molar-refractivity contribution in [3.63, 3.8) is 0 Å². The zero-order valence-corrected chi connectivity index (χ0v) is 11.1. The Bertz CT molecular complexity index is 507. The summed E-state index contributed by atoms with van der Waals surface area (Å²) in [5.74, 6) is 2.55. The number of H-pyrrole nitrogens is 1. The van der Waals surface area contributed by atoms with Gasteiger partial charge in [-0.2, -0.15) is 0 Å². The molecule has 0 fully saturated rings. The summed E-state index contributed by atoms with van der Waals surface area (Å²) in [7, 11) is 1.67. The van der Waals surface area contributed by atoms with Crippen LogP contribution in [0.1, 0.15) is 25.6 Å². The molecule has 1 aromatic carbocycles. The first-order chi connectivity index (χ1) is 8.72. The second-order valence-corrected chi connectivity index (χ2v) is 4.79. The molecule has 0 aliphatic carbocycles. The van der Waals surface area contributed by atoms with Gasteiger partial charge in [-0.05, 0) is 37.4 Å². The number of aromatic nitrogens is 2. The fourth-order valence-corrected chi connectivity index (χ4v) is 2.10. The molecule has 0 saturated heterocycles. The second-order valence-electron chi connectivity index (χ2n) is 4.79. The molecule has 1 aromatic heterocycles. The molecule has 0 amide bonds. The Kier molecular flexibility index (Phi) is 4.20. The number of nitrogens with one attached hydrogen (secondary N) is 1. The van der Waals surface area contributed by atoms with Crippen molar-refractivity contribution >= 4 is 11.0 Å². The lowest BCUT2D eigenvalue weighted by molar-refractivity contribution is 0.415. The van der Waals surface area contributed by atoms with Crippen LogP contribution in [0.2, 0.25) is 0 Å². The van der Waals surface area contributed by atoms with Crippen molar-refractivity contribution in [3.8, 4) is 5.75 Å². The van der Waals surface area contributed by atoms with Crippen molar-refractivity contribution in [1.29, 1.82) is 0 Å². The fourth-order valence-electron chi connectivity index (χ4n) is 2.10. The highest BCUT2D eigenvalue weighted by Gasteiger charge is 2.06. The van der Waals surface area contributed by atoms with Gasteiger partial charge < -0.3 is 15.5 Å². The Labute approximate surface area is 108 Å². The van der Waals surface area contributed by atoms with Crippen molar-refractivity contribution in [2.75, 3.05) is 13.7 Å². The number of rotatable bonds is 6.